The number of pyridine rings is 1. The number of nitrogens with one attached hydrogen (secondary N) is 1. The number of amides is 3. The molecule has 0 spiro atoms. The van der Waals surface area contributed by atoms with Gasteiger partial charge in [0, 0.05) is 23.8 Å². The highest BCUT2D eigenvalue weighted by atomic mass is 19.4. The number of rotatable bonds is 5. The predicted molar refractivity (Wildman–Crippen MR) is 137 cm³/mol. The fraction of sp³-hybridized carbons (Fsp3) is 0.276. The van der Waals surface area contributed by atoms with Crippen LogP contribution < -0.4 is 4.90 Å². The molecule has 38 heavy (non-hydrogen) atoms. The fourth-order valence-electron chi connectivity index (χ4n) is 5.28. The molecule has 1 saturated carbocycles. The van der Waals surface area contributed by atoms with Gasteiger partial charge in [0.1, 0.15) is 11.2 Å². The van der Waals surface area contributed by atoms with E-state index in [1.807, 2.05) is 42.5 Å². The second-order valence-electron chi connectivity index (χ2n) is 10.5. The zero-order valence-corrected chi connectivity index (χ0v) is 20.8. The minimum atomic E-state index is -4.33. The first-order valence-electron chi connectivity index (χ1n) is 12.4. The summed E-state index contributed by atoms with van der Waals surface area (Å²) < 4.78 is 40.6. The number of imide groups is 1. The Kier molecular flexibility index (Phi) is 5.21. The van der Waals surface area contributed by atoms with Gasteiger partial charge in [0.05, 0.1) is 11.1 Å². The topological polar surface area (TPSA) is 69.3 Å². The number of hydrogen-bond acceptors (Lipinski definition) is 3. The molecule has 3 heterocycles. The Bertz CT molecular complexity index is 1550. The largest absolute Gasteiger partial charge is 0.398 e. The van der Waals surface area contributed by atoms with E-state index < -0.39 is 29.1 Å². The van der Waals surface area contributed by atoms with Crippen LogP contribution in [0.2, 0.25) is 0 Å². The Hall–Kier alpha value is -4.14. The summed E-state index contributed by atoms with van der Waals surface area (Å²) in [5.74, 6) is -0.434. The van der Waals surface area contributed by atoms with Crippen LogP contribution in [0, 0.1) is 0 Å². The maximum Gasteiger partial charge on any atom is 0.398 e. The lowest BCUT2D eigenvalue weighted by atomic mass is 9.95. The highest BCUT2D eigenvalue weighted by Crippen LogP contribution is 2.59. The number of urea groups is 1. The lowest BCUT2D eigenvalue weighted by Crippen LogP contribution is -2.43. The Morgan fingerprint density at radius 1 is 0.974 bits per heavy atom. The summed E-state index contributed by atoms with van der Waals surface area (Å²) in [6.07, 6.45) is -2.59. The molecular formula is C29H25F3N4O2. The predicted octanol–water partition coefficient (Wildman–Crippen LogP) is 6.57. The molecule has 0 atom stereocenters. The van der Waals surface area contributed by atoms with Crippen molar-refractivity contribution >= 4 is 28.7 Å². The summed E-state index contributed by atoms with van der Waals surface area (Å²) in [6.45, 7) is 3.51. The molecule has 2 aromatic carbocycles. The average Bonchev–Trinajstić information content (AvgIpc) is 3.57. The molecule has 1 N–H and O–H groups in total. The molecule has 1 aliphatic heterocycles. The molecule has 1 aliphatic carbocycles. The Morgan fingerprint density at radius 2 is 1.66 bits per heavy atom. The summed E-state index contributed by atoms with van der Waals surface area (Å²) in [6, 6.07) is 18.7. The molecule has 2 fully saturated rings. The van der Waals surface area contributed by atoms with Crippen molar-refractivity contribution < 1.29 is 22.8 Å². The molecule has 0 unspecified atom stereocenters. The van der Waals surface area contributed by atoms with Crippen molar-refractivity contribution in [1.82, 2.24) is 14.9 Å². The fourth-order valence-corrected chi connectivity index (χ4v) is 5.28. The van der Waals surface area contributed by atoms with E-state index in [1.165, 1.54) is 29.2 Å². The van der Waals surface area contributed by atoms with E-state index in [0.29, 0.717) is 5.65 Å². The van der Waals surface area contributed by atoms with Crippen LogP contribution in [0.15, 0.2) is 72.9 Å². The highest BCUT2D eigenvalue weighted by molar-refractivity contribution is 6.23. The molecule has 0 radical (unpaired) electrons. The molecule has 0 bridgehead atoms. The van der Waals surface area contributed by atoms with Crippen LogP contribution in [0.25, 0.3) is 22.3 Å². The molecule has 194 valence electrons. The van der Waals surface area contributed by atoms with Crippen molar-refractivity contribution in [3.8, 4) is 11.3 Å². The molecule has 1 saturated heterocycles. The third-order valence-corrected chi connectivity index (χ3v) is 7.83. The van der Waals surface area contributed by atoms with Gasteiger partial charge in [0.2, 0.25) is 0 Å². The summed E-state index contributed by atoms with van der Waals surface area (Å²) in [5, 5.41) is 0.840. The van der Waals surface area contributed by atoms with Gasteiger partial charge in [0.15, 0.2) is 0 Å². The lowest BCUT2D eigenvalue weighted by molar-refractivity contribution is -0.160. The number of H-pyrrole nitrogens is 1. The number of anilines is 1. The first-order valence-corrected chi connectivity index (χ1v) is 12.4. The van der Waals surface area contributed by atoms with Crippen molar-refractivity contribution in [2.75, 3.05) is 4.90 Å². The average molecular weight is 519 g/mol. The number of carbonyl (C=O) groups is 2. The third kappa shape index (κ3) is 3.60. The molecule has 6 nitrogen and oxygen atoms in total. The van der Waals surface area contributed by atoms with Crippen LogP contribution in [0.1, 0.15) is 37.8 Å². The number of nitrogens with zero attached hydrogens (tertiary/aromatic N) is 3. The molecule has 3 amide bonds. The summed E-state index contributed by atoms with van der Waals surface area (Å²) in [5.41, 5.74) is 0.805. The molecule has 9 heteroatoms. The minimum Gasteiger partial charge on any atom is -0.339 e. The van der Waals surface area contributed by atoms with Gasteiger partial charge < -0.3 is 9.88 Å². The van der Waals surface area contributed by atoms with Gasteiger partial charge in [-0.25, -0.2) is 14.7 Å². The van der Waals surface area contributed by atoms with Crippen LogP contribution in [-0.4, -0.2) is 38.5 Å². The SMILES string of the molecule is CC1(C)C(=O)N(c2ccc(C3(C(F)(F)F)CC3)cc2)C(=O)N1Cc1ccnc2[nH]c(-c3ccccc3)cc12. The van der Waals surface area contributed by atoms with Gasteiger partial charge in [-0.3, -0.25) is 4.79 Å². The molecule has 2 aromatic heterocycles. The van der Waals surface area contributed by atoms with E-state index in [4.69, 9.17) is 0 Å². The van der Waals surface area contributed by atoms with E-state index in [1.54, 1.807) is 20.0 Å². The van der Waals surface area contributed by atoms with Gasteiger partial charge >= 0.3 is 12.2 Å². The number of hydrogen-bond donors (Lipinski definition) is 1. The first kappa shape index (κ1) is 24.2. The van der Waals surface area contributed by atoms with E-state index in [-0.39, 0.29) is 30.6 Å². The van der Waals surface area contributed by atoms with Crippen LogP contribution in [-0.2, 0) is 16.8 Å². The standard InChI is InChI=1S/C29H25F3N4O2/c1-27(2)25(37)36(21-10-8-20(9-11-21)28(13-14-28)29(30,31)32)26(38)35(27)17-19-12-15-33-24-22(19)16-23(34-24)18-6-4-3-5-7-18/h3-12,15-16H,13-14,17H2,1-2H3,(H,33,34). The van der Waals surface area contributed by atoms with Gasteiger partial charge in [-0.1, -0.05) is 42.5 Å². The van der Waals surface area contributed by atoms with Crippen molar-refractivity contribution in [1.29, 1.82) is 0 Å². The number of benzene rings is 2. The smallest absolute Gasteiger partial charge is 0.339 e. The number of halogens is 3. The van der Waals surface area contributed by atoms with Crippen molar-refractivity contribution in [2.45, 2.75) is 50.4 Å². The van der Waals surface area contributed by atoms with Gasteiger partial charge in [0.25, 0.3) is 5.91 Å². The summed E-state index contributed by atoms with van der Waals surface area (Å²) in [7, 11) is 0. The normalized spacial score (nSPS) is 18.4. The van der Waals surface area contributed by atoms with E-state index in [9.17, 15) is 22.8 Å². The van der Waals surface area contributed by atoms with Crippen molar-refractivity contribution in [3.63, 3.8) is 0 Å². The quantitative estimate of drug-likeness (QED) is 0.304. The summed E-state index contributed by atoms with van der Waals surface area (Å²) in [4.78, 5) is 37.3. The zero-order chi connectivity index (χ0) is 26.9. The maximum absolute atomic E-state index is 13.6. The zero-order valence-electron chi connectivity index (χ0n) is 20.8. The Morgan fingerprint density at radius 3 is 2.29 bits per heavy atom. The van der Waals surface area contributed by atoms with Gasteiger partial charge in [-0.2, -0.15) is 13.2 Å². The molecule has 2 aliphatic rings. The Labute approximate surface area is 217 Å². The second kappa shape index (κ2) is 8.18. The first-order chi connectivity index (χ1) is 18.0. The van der Waals surface area contributed by atoms with Crippen molar-refractivity contribution in [2.24, 2.45) is 0 Å². The van der Waals surface area contributed by atoms with Gasteiger partial charge in [-0.05, 0) is 67.6 Å². The monoisotopic (exact) mass is 518 g/mol. The van der Waals surface area contributed by atoms with Crippen LogP contribution in [0.5, 0.6) is 0 Å². The van der Waals surface area contributed by atoms with Crippen LogP contribution in [0.4, 0.5) is 23.7 Å². The van der Waals surface area contributed by atoms with Crippen LogP contribution in [0.3, 0.4) is 0 Å². The molecule has 6 rings (SSSR count). The van der Waals surface area contributed by atoms with E-state index in [0.717, 1.165) is 27.1 Å². The van der Waals surface area contributed by atoms with Gasteiger partial charge in [-0.15, -0.1) is 0 Å². The maximum atomic E-state index is 13.6. The third-order valence-electron chi connectivity index (χ3n) is 7.83. The number of aromatic nitrogens is 2. The van der Waals surface area contributed by atoms with E-state index in [2.05, 4.69) is 9.97 Å². The second-order valence-corrected chi connectivity index (χ2v) is 10.5. The number of carbonyl (C=O) groups excluding carboxylic acids is 2. The Balaban J connectivity index is 1.30. The molecular weight excluding hydrogens is 493 g/mol. The number of fused-ring (bicyclic) bond motifs is 1. The lowest BCUT2D eigenvalue weighted by Gasteiger charge is -2.27. The van der Waals surface area contributed by atoms with Crippen LogP contribution >= 0.6 is 0 Å². The number of alkyl halides is 3. The van der Waals surface area contributed by atoms with Crippen molar-refractivity contribution in [3.05, 3.63) is 84.1 Å². The minimum absolute atomic E-state index is 0.0454. The van der Waals surface area contributed by atoms with E-state index >= 15 is 0 Å². The summed E-state index contributed by atoms with van der Waals surface area (Å²) >= 11 is 0. The molecule has 4 aromatic rings. The highest BCUT2D eigenvalue weighted by Gasteiger charge is 2.64. The number of aromatic amines is 1.